The van der Waals surface area contributed by atoms with Gasteiger partial charge in [-0.05, 0) is 31.5 Å². The molecule has 0 aliphatic carbocycles. The van der Waals surface area contributed by atoms with Crippen molar-refractivity contribution in [1.82, 2.24) is 10.2 Å². The van der Waals surface area contributed by atoms with Crippen LogP contribution in [0.2, 0.25) is 0 Å². The lowest BCUT2D eigenvalue weighted by Gasteiger charge is -2.31. The predicted octanol–water partition coefficient (Wildman–Crippen LogP) is 2.07. The van der Waals surface area contributed by atoms with Gasteiger partial charge in [0.05, 0.1) is 20.3 Å². The molecule has 6 heteroatoms. The summed E-state index contributed by atoms with van der Waals surface area (Å²) in [6, 6.07) is 5.42. The molecule has 0 radical (unpaired) electrons. The molecule has 0 spiro atoms. The molecule has 2 fully saturated rings. The van der Waals surface area contributed by atoms with E-state index in [0.717, 1.165) is 18.4 Å². The van der Waals surface area contributed by atoms with E-state index in [0.29, 0.717) is 24.6 Å². The molecule has 1 aromatic rings. The van der Waals surface area contributed by atoms with Gasteiger partial charge in [0.25, 0.3) is 5.91 Å². The van der Waals surface area contributed by atoms with E-state index in [1.165, 1.54) is 0 Å². The number of rotatable bonds is 4. The number of nitrogens with zero attached hydrogens (tertiary/aromatic N) is 1. The van der Waals surface area contributed by atoms with Crippen molar-refractivity contribution in [3.63, 3.8) is 0 Å². The van der Waals surface area contributed by atoms with Crippen molar-refractivity contribution >= 4 is 5.91 Å². The highest BCUT2D eigenvalue weighted by atomic mass is 19.1. The molecular formula is C17H23FN2O3. The first-order chi connectivity index (χ1) is 11.1. The molecule has 2 aliphatic rings. The van der Waals surface area contributed by atoms with Gasteiger partial charge in [-0.3, -0.25) is 4.79 Å². The molecular weight excluding hydrogens is 299 g/mol. The molecule has 0 saturated carbocycles. The first-order valence-electron chi connectivity index (χ1n) is 8.02. The van der Waals surface area contributed by atoms with Crippen LogP contribution < -0.4 is 14.8 Å². The predicted molar refractivity (Wildman–Crippen MR) is 84.6 cm³/mol. The fourth-order valence-electron chi connectivity index (χ4n) is 3.53. The highest BCUT2D eigenvalue weighted by molar-refractivity contribution is 5.86. The molecule has 126 valence electrons. The molecule has 1 aromatic carbocycles. The van der Waals surface area contributed by atoms with Gasteiger partial charge in [0.15, 0.2) is 0 Å². The summed E-state index contributed by atoms with van der Waals surface area (Å²) in [6.07, 6.45) is 1.93. The summed E-state index contributed by atoms with van der Waals surface area (Å²) < 4.78 is 25.5. The minimum Gasteiger partial charge on any atom is -0.497 e. The molecule has 2 unspecified atom stereocenters. The van der Waals surface area contributed by atoms with Gasteiger partial charge in [-0.15, -0.1) is 0 Å². The van der Waals surface area contributed by atoms with Crippen molar-refractivity contribution in [1.29, 1.82) is 0 Å². The van der Waals surface area contributed by atoms with Gasteiger partial charge in [-0.2, -0.15) is 0 Å². The molecule has 5 nitrogen and oxygen atoms in total. The van der Waals surface area contributed by atoms with Crippen LogP contribution in [0.4, 0.5) is 4.39 Å². The Labute approximate surface area is 135 Å². The van der Waals surface area contributed by atoms with Crippen molar-refractivity contribution in [2.24, 2.45) is 0 Å². The summed E-state index contributed by atoms with van der Waals surface area (Å²) in [7, 11) is 3.19. The van der Waals surface area contributed by atoms with Gasteiger partial charge in [0.2, 0.25) is 5.67 Å². The second-order valence-electron chi connectivity index (χ2n) is 6.16. The van der Waals surface area contributed by atoms with E-state index in [2.05, 4.69) is 5.32 Å². The molecule has 2 saturated heterocycles. The standard InChI is InChI=1S/C17H23FN2O3/c1-22-12-5-6-13(15(10-12)23-2)14-4-3-9-20(14)16(21)17(18)7-8-19-11-17/h5-6,10,14,19H,3-4,7-9,11H2,1-2H3. The Morgan fingerprint density at radius 3 is 2.87 bits per heavy atom. The second-order valence-corrected chi connectivity index (χ2v) is 6.16. The number of carbonyl (C=O) groups is 1. The molecule has 2 aliphatic heterocycles. The van der Waals surface area contributed by atoms with E-state index < -0.39 is 11.6 Å². The van der Waals surface area contributed by atoms with E-state index in [1.54, 1.807) is 25.2 Å². The lowest BCUT2D eigenvalue weighted by Crippen LogP contribution is -2.47. The number of benzene rings is 1. The van der Waals surface area contributed by atoms with Crippen LogP contribution in [0, 0.1) is 0 Å². The van der Waals surface area contributed by atoms with Crippen LogP contribution in [0.15, 0.2) is 18.2 Å². The normalized spacial score (nSPS) is 27.3. The average molecular weight is 322 g/mol. The van der Waals surface area contributed by atoms with Gasteiger partial charge in [0, 0.05) is 31.1 Å². The lowest BCUT2D eigenvalue weighted by molar-refractivity contribution is -0.143. The molecule has 0 aromatic heterocycles. The van der Waals surface area contributed by atoms with Crippen LogP contribution >= 0.6 is 0 Å². The summed E-state index contributed by atoms with van der Waals surface area (Å²) in [5.41, 5.74) is -0.865. The molecule has 2 heterocycles. The Bertz CT molecular complexity index is 587. The zero-order chi connectivity index (χ0) is 16.4. The zero-order valence-corrected chi connectivity index (χ0v) is 13.6. The Kier molecular flexibility index (Phi) is 4.43. The number of amides is 1. The maximum absolute atomic E-state index is 14.8. The van der Waals surface area contributed by atoms with Gasteiger partial charge in [-0.1, -0.05) is 0 Å². The maximum atomic E-state index is 14.8. The van der Waals surface area contributed by atoms with Crippen LogP contribution in [0.3, 0.4) is 0 Å². The Morgan fingerprint density at radius 1 is 1.39 bits per heavy atom. The van der Waals surface area contributed by atoms with Crippen molar-refractivity contribution in [3.05, 3.63) is 23.8 Å². The number of likely N-dealkylation sites (tertiary alicyclic amines) is 1. The van der Waals surface area contributed by atoms with Crippen LogP contribution in [0.25, 0.3) is 0 Å². The third-order valence-corrected chi connectivity index (χ3v) is 4.80. The van der Waals surface area contributed by atoms with Gasteiger partial charge >= 0.3 is 0 Å². The quantitative estimate of drug-likeness (QED) is 0.922. The van der Waals surface area contributed by atoms with E-state index in [9.17, 15) is 9.18 Å². The van der Waals surface area contributed by atoms with Crippen molar-refractivity contribution in [2.45, 2.75) is 31.0 Å². The van der Waals surface area contributed by atoms with Crippen molar-refractivity contribution in [3.8, 4) is 11.5 Å². The molecule has 2 atom stereocenters. The number of ether oxygens (including phenoxy) is 2. The van der Waals surface area contributed by atoms with Crippen molar-refractivity contribution in [2.75, 3.05) is 33.9 Å². The summed E-state index contributed by atoms with van der Waals surface area (Å²) in [5, 5.41) is 2.95. The second kappa shape index (κ2) is 6.35. The number of alkyl halides is 1. The number of carbonyl (C=O) groups excluding carboxylic acids is 1. The number of nitrogens with one attached hydrogen (secondary N) is 1. The largest absolute Gasteiger partial charge is 0.497 e. The summed E-state index contributed by atoms with van der Waals surface area (Å²) in [5.74, 6) is 0.970. The summed E-state index contributed by atoms with van der Waals surface area (Å²) in [4.78, 5) is 14.4. The first kappa shape index (κ1) is 16.1. The van der Waals surface area contributed by atoms with Gasteiger partial charge < -0.3 is 19.7 Å². The Balaban J connectivity index is 1.88. The smallest absolute Gasteiger partial charge is 0.262 e. The maximum Gasteiger partial charge on any atom is 0.262 e. The fourth-order valence-corrected chi connectivity index (χ4v) is 3.53. The Hall–Kier alpha value is -1.82. The van der Waals surface area contributed by atoms with E-state index >= 15 is 0 Å². The molecule has 1 N–H and O–H groups in total. The SMILES string of the molecule is COc1ccc(C2CCCN2C(=O)C2(F)CCNC2)c(OC)c1. The highest BCUT2D eigenvalue weighted by Gasteiger charge is 2.47. The molecule has 1 amide bonds. The van der Waals surface area contributed by atoms with Crippen LogP contribution in [-0.2, 0) is 4.79 Å². The van der Waals surface area contributed by atoms with E-state index in [-0.39, 0.29) is 19.0 Å². The number of hydrogen-bond donors (Lipinski definition) is 1. The minimum absolute atomic E-state index is 0.106. The topological polar surface area (TPSA) is 50.8 Å². The van der Waals surface area contributed by atoms with Crippen LogP contribution in [0.5, 0.6) is 11.5 Å². The third kappa shape index (κ3) is 2.87. The first-order valence-corrected chi connectivity index (χ1v) is 8.02. The third-order valence-electron chi connectivity index (χ3n) is 4.80. The highest BCUT2D eigenvalue weighted by Crippen LogP contribution is 2.40. The van der Waals surface area contributed by atoms with Crippen LogP contribution in [-0.4, -0.2) is 50.3 Å². The van der Waals surface area contributed by atoms with Crippen molar-refractivity contribution < 1.29 is 18.7 Å². The van der Waals surface area contributed by atoms with E-state index in [1.807, 2.05) is 12.1 Å². The zero-order valence-electron chi connectivity index (χ0n) is 13.6. The molecule has 23 heavy (non-hydrogen) atoms. The monoisotopic (exact) mass is 322 g/mol. The lowest BCUT2D eigenvalue weighted by atomic mass is 9.99. The van der Waals surface area contributed by atoms with Gasteiger partial charge in [0.1, 0.15) is 11.5 Å². The number of hydrogen-bond acceptors (Lipinski definition) is 4. The molecule has 3 rings (SSSR count). The average Bonchev–Trinajstić information content (AvgIpc) is 3.23. The summed E-state index contributed by atoms with van der Waals surface area (Å²) in [6.45, 7) is 1.24. The van der Waals surface area contributed by atoms with Crippen LogP contribution in [0.1, 0.15) is 30.9 Å². The minimum atomic E-state index is -1.78. The summed E-state index contributed by atoms with van der Waals surface area (Å²) >= 11 is 0. The Morgan fingerprint density at radius 2 is 2.22 bits per heavy atom. The van der Waals surface area contributed by atoms with E-state index in [4.69, 9.17) is 9.47 Å². The number of halogens is 1. The fraction of sp³-hybridized carbons (Fsp3) is 0.588. The van der Waals surface area contributed by atoms with Gasteiger partial charge in [-0.25, -0.2) is 4.39 Å². The molecule has 0 bridgehead atoms. The number of methoxy groups -OCH3 is 2.